The van der Waals surface area contributed by atoms with Crippen molar-refractivity contribution in [1.29, 1.82) is 0 Å². The smallest absolute Gasteiger partial charge is 0.273 e. The monoisotopic (exact) mass is 472 g/mol. The van der Waals surface area contributed by atoms with Crippen molar-refractivity contribution < 1.29 is 14.0 Å². The van der Waals surface area contributed by atoms with Gasteiger partial charge in [-0.3, -0.25) is 19.0 Å². The van der Waals surface area contributed by atoms with E-state index < -0.39 is 11.7 Å². The predicted molar refractivity (Wildman–Crippen MR) is 125 cm³/mol. The Kier molecular flexibility index (Phi) is 6.97. The standard InChI is InChI=1S/C22H25FN6O3S/c1-2-8-24-20(31)14-5-4-9-28(11-14)22-27-19-18(33-22)21(32)29(13-25-19)12-17(30)26-16-7-3-6-15(23)10-16/h3,6-7,10,13-14H,2,4-5,8-9,11-12H2,1H3,(H,24,31)(H,26,30)/t14-/m0/s1. The quantitative estimate of drug-likeness (QED) is 0.547. The van der Waals surface area contributed by atoms with Crippen LogP contribution in [0.1, 0.15) is 26.2 Å². The van der Waals surface area contributed by atoms with E-state index in [1.54, 1.807) is 6.07 Å². The van der Waals surface area contributed by atoms with Crippen molar-refractivity contribution in [2.75, 3.05) is 29.9 Å². The zero-order chi connectivity index (χ0) is 23.4. The van der Waals surface area contributed by atoms with Gasteiger partial charge in [-0.2, -0.15) is 4.98 Å². The first-order valence-corrected chi connectivity index (χ1v) is 11.7. The highest BCUT2D eigenvalue weighted by Gasteiger charge is 2.27. The van der Waals surface area contributed by atoms with E-state index in [1.165, 1.54) is 40.4 Å². The largest absolute Gasteiger partial charge is 0.356 e. The predicted octanol–water partition coefficient (Wildman–Crippen LogP) is 2.37. The molecule has 1 fully saturated rings. The molecule has 0 saturated carbocycles. The third kappa shape index (κ3) is 5.36. The van der Waals surface area contributed by atoms with Crippen LogP contribution in [0.4, 0.5) is 15.2 Å². The number of hydrogen-bond donors (Lipinski definition) is 2. The Hall–Kier alpha value is -3.34. The Bertz CT molecular complexity index is 1230. The molecule has 11 heteroatoms. The molecule has 1 aliphatic heterocycles. The molecule has 0 aliphatic carbocycles. The number of anilines is 2. The van der Waals surface area contributed by atoms with Crippen molar-refractivity contribution in [3.8, 4) is 0 Å². The van der Waals surface area contributed by atoms with Gasteiger partial charge in [0.25, 0.3) is 5.56 Å². The van der Waals surface area contributed by atoms with E-state index in [0.717, 1.165) is 25.8 Å². The van der Waals surface area contributed by atoms with Crippen molar-refractivity contribution in [2.24, 2.45) is 5.92 Å². The van der Waals surface area contributed by atoms with Gasteiger partial charge < -0.3 is 15.5 Å². The SMILES string of the molecule is CCCNC(=O)[C@H]1CCCN(c2nc3ncn(CC(=O)Nc4cccc(F)c4)c(=O)c3s2)C1. The minimum absolute atomic E-state index is 0.0486. The molecule has 0 bridgehead atoms. The Morgan fingerprint density at radius 2 is 2.18 bits per heavy atom. The summed E-state index contributed by atoms with van der Waals surface area (Å²) in [7, 11) is 0. The van der Waals surface area contributed by atoms with Crippen molar-refractivity contribution in [3.63, 3.8) is 0 Å². The Morgan fingerprint density at radius 3 is 2.97 bits per heavy atom. The van der Waals surface area contributed by atoms with E-state index in [9.17, 15) is 18.8 Å². The number of halogens is 1. The molecule has 1 saturated heterocycles. The minimum Gasteiger partial charge on any atom is -0.356 e. The number of carbonyl (C=O) groups is 2. The normalized spacial score (nSPS) is 16.1. The molecule has 2 N–H and O–H groups in total. The molecular weight excluding hydrogens is 447 g/mol. The number of benzene rings is 1. The second-order valence-corrected chi connectivity index (χ2v) is 8.94. The molecule has 1 aromatic carbocycles. The molecule has 174 valence electrons. The fourth-order valence-corrected chi connectivity index (χ4v) is 4.77. The van der Waals surface area contributed by atoms with Crippen LogP contribution < -0.4 is 21.1 Å². The maximum Gasteiger partial charge on any atom is 0.273 e. The van der Waals surface area contributed by atoms with Crippen LogP contribution in [0.5, 0.6) is 0 Å². The number of nitrogens with zero attached hydrogens (tertiary/aromatic N) is 4. The van der Waals surface area contributed by atoms with Crippen LogP contribution in [0.2, 0.25) is 0 Å². The molecule has 2 amide bonds. The summed E-state index contributed by atoms with van der Waals surface area (Å²) in [5.41, 5.74) is 0.261. The van der Waals surface area contributed by atoms with E-state index in [0.29, 0.717) is 34.3 Å². The molecular formula is C22H25FN6O3S. The zero-order valence-corrected chi connectivity index (χ0v) is 19.0. The zero-order valence-electron chi connectivity index (χ0n) is 18.2. The highest BCUT2D eigenvalue weighted by atomic mass is 32.1. The van der Waals surface area contributed by atoms with Crippen LogP contribution in [-0.4, -0.2) is 46.0 Å². The second-order valence-electron chi connectivity index (χ2n) is 7.96. The van der Waals surface area contributed by atoms with Crippen LogP contribution in [-0.2, 0) is 16.1 Å². The molecule has 0 radical (unpaired) electrons. The van der Waals surface area contributed by atoms with E-state index >= 15 is 0 Å². The van der Waals surface area contributed by atoms with Crippen LogP contribution in [0.15, 0.2) is 35.4 Å². The van der Waals surface area contributed by atoms with Crippen molar-refractivity contribution in [3.05, 3.63) is 46.8 Å². The van der Waals surface area contributed by atoms with Gasteiger partial charge in [0.05, 0.1) is 5.92 Å². The average molecular weight is 473 g/mol. The molecule has 0 spiro atoms. The number of carbonyl (C=O) groups excluding carboxylic acids is 2. The van der Waals surface area contributed by atoms with Crippen LogP contribution in [0, 0.1) is 11.7 Å². The molecule has 0 unspecified atom stereocenters. The number of fused-ring (bicyclic) bond motifs is 1. The first-order chi connectivity index (χ1) is 15.9. The summed E-state index contributed by atoms with van der Waals surface area (Å²) in [6.45, 7) is 3.71. The highest BCUT2D eigenvalue weighted by molar-refractivity contribution is 7.22. The average Bonchev–Trinajstić information content (AvgIpc) is 3.25. The van der Waals surface area contributed by atoms with Gasteiger partial charge in [-0.1, -0.05) is 24.3 Å². The van der Waals surface area contributed by atoms with Gasteiger partial charge in [0.1, 0.15) is 23.4 Å². The number of nitrogens with one attached hydrogen (secondary N) is 2. The lowest BCUT2D eigenvalue weighted by Crippen LogP contribution is -2.43. The van der Waals surface area contributed by atoms with E-state index in [-0.39, 0.29) is 23.9 Å². The van der Waals surface area contributed by atoms with Crippen LogP contribution >= 0.6 is 11.3 Å². The summed E-state index contributed by atoms with van der Waals surface area (Å²) in [5.74, 6) is -1.00. The third-order valence-corrected chi connectivity index (χ3v) is 6.50. The Morgan fingerprint density at radius 1 is 1.33 bits per heavy atom. The highest BCUT2D eigenvalue weighted by Crippen LogP contribution is 2.29. The topological polar surface area (TPSA) is 109 Å². The molecule has 33 heavy (non-hydrogen) atoms. The maximum atomic E-state index is 13.3. The molecule has 3 aromatic rings. The van der Waals surface area contributed by atoms with Gasteiger partial charge in [0, 0.05) is 25.3 Å². The summed E-state index contributed by atoms with van der Waals surface area (Å²) in [6.07, 6.45) is 3.86. The van der Waals surface area contributed by atoms with Gasteiger partial charge in [-0.15, -0.1) is 0 Å². The number of aromatic nitrogens is 3. The Labute approximate surface area is 193 Å². The van der Waals surface area contributed by atoms with Gasteiger partial charge in [-0.05, 0) is 37.5 Å². The van der Waals surface area contributed by atoms with Crippen molar-refractivity contribution >= 4 is 44.3 Å². The summed E-state index contributed by atoms with van der Waals surface area (Å²) in [4.78, 5) is 48.4. The lowest BCUT2D eigenvalue weighted by molar-refractivity contribution is -0.125. The fraction of sp³-hybridized carbons (Fsp3) is 0.409. The molecule has 1 aliphatic rings. The van der Waals surface area contributed by atoms with Crippen molar-refractivity contribution in [2.45, 2.75) is 32.7 Å². The summed E-state index contributed by atoms with van der Waals surface area (Å²) >= 11 is 1.22. The number of amides is 2. The molecule has 4 rings (SSSR count). The summed E-state index contributed by atoms with van der Waals surface area (Å²) in [6, 6.07) is 5.53. The van der Waals surface area contributed by atoms with Gasteiger partial charge in [0.2, 0.25) is 11.8 Å². The lowest BCUT2D eigenvalue weighted by Gasteiger charge is -2.31. The molecule has 9 nitrogen and oxygen atoms in total. The lowest BCUT2D eigenvalue weighted by atomic mass is 9.97. The molecule has 2 aromatic heterocycles. The fourth-order valence-electron chi connectivity index (χ4n) is 3.76. The second kappa shape index (κ2) is 10.1. The van der Waals surface area contributed by atoms with Crippen LogP contribution in [0.25, 0.3) is 10.3 Å². The summed E-state index contributed by atoms with van der Waals surface area (Å²) < 4.78 is 14.9. The molecule has 1 atom stereocenters. The third-order valence-electron chi connectivity index (χ3n) is 5.41. The van der Waals surface area contributed by atoms with E-state index in [1.807, 2.05) is 11.8 Å². The van der Waals surface area contributed by atoms with Crippen molar-refractivity contribution in [1.82, 2.24) is 19.9 Å². The van der Waals surface area contributed by atoms with Crippen LogP contribution in [0.3, 0.4) is 0 Å². The number of thiazole rings is 1. The number of piperidine rings is 1. The maximum absolute atomic E-state index is 13.3. The first kappa shape index (κ1) is 22.8. The summed E-state index contributed by atoms with van der Waals surface area (Å²) in [5, 5.41) is 6.16. The van der Waals surface area contributed by atoms with E-state index in [2.05, 4.69) is 20.6 Å². The minimum atomic E-state index is -0.467. The Balaban J connectivity index is 1.48. The van der Waals surface area contributed by atoms with Gasteiger partial charge in [-0.25, -0.2) is 9.37 Å². The van der Waals surface area contributed by atoms with E-state index in [4.69, 9.17) is 0 Å². The van der Waals surface area contributed by atoms with Gasteiger partial charge >= 0.3 is 0 Å². The number of rotatable bonds is 7. The first-order valence-electron chi connectivity index (χ1n) is 10.9. The van der Waals surface area contributed by atoms with Gasteiger partial charge in [0.15, 0.2) is 10.8 Å². The number of hydrogen-bond acceptors (Lipinski definition) is 7. The molecule has 3 heterocycles.